The number of aromatic amines is 1. The van der Waals surface area contributed by atoms with E-state index >= 15 is 0 Å². The number of carbonyl (C=O) groups is 1. The molecule has 3 aromatic carbocycles. The fraction of sp³-hybridized carbons (Fsp3) is 0.312. The van der Waals surface area contributed by atoms with Crippen molar-refractivity contribution in [2.24, 2.45) is 5.92 Å². The Morgan fingerprint density at radius 1 is 1.00 bits per heavy atom. The van der Waals surface area contributed by atoms with Crippen LogP contribution in [-0.4, -0.2) is 41.3 Å². The molecule has 0 saturated carbocycles. The molecular formula is C32H35N3O3. The fourth-order valence-corrected chi connectivity index (χ4v) is 4.98. The van der Waals surface area contributed by atoms with Gasteiger partial charge in [-0.25, -0.2) is 0 Å². The van der Waals surface area contributed by atoms with Crippen LogP contribution in [0, 0.1) is 12.8 Å². The van der Waals surface area contributed by atoms with Crippen molar-refractivity contribution in [1.82, 2.24) is 15.1 Å². The first kappa shape index (κ1) is 25.6. The molecule has 2 heterocycles. The number of amides is 1. The molecule has 1 amide bonds. The molecule has 0 spiro atoms. The second-order valence-corrected chi connectivity index (χ2v) is 10.3. The van der Waals surface area contributed by atoms with Gasteiger partial charge in [0.15, 0.2) is 11.5 Å². The third-order valence-electron chi connectivity index (χ3n) is 7.13. The van der Waals surface area contributed by atoms with Crippen molar-refractivity contribution in [2.45, 2.75) is 39.7 Å². The number of hydrogen-bond acceptors (Lipinski definition) is 4. The number of rotatable bonds is 10. The number of benzene rings is 3. The monoisotopic (exact) mass is 509 g/mol. The van der Waals surface area contributed by atoms with E-state index in [-0.39, 0.29) is 11.9 Å². The molecule has 0 aliphatic carbocycles. The Morgan fingerprint density at radius 2 is 1.76 bits per heavy atom. The number of nitrogens with one attached hydrogen (secondary N) is 1. The van der Waals surface area contributed by atoms with E-state index in [0.29, 0.717) is 36.3 Å². The maximum atomic E-state index is 13.7. The first-order valence-corrected chi connectivity index (χ1v) is 13.3. The molecule has 1 atom stereocenters. The number of methoxy groups -OCH3 is 1. The number of carbonyl (C=O) groups excluding carboxylic acids is 1. The van der Waals surface area contributed by atoms with Crippen molar-refractivity contribution in [1.29, 1.82) is 0 Å². The average molecular weight is 510 g/mol. The summed E-state index contributed by atoms with van der Waals surface area (Å²) in [6, 6.07) is 24.2. The summed E-state index contributed by atoms with van der Waals surface area (Å²) < 4.78 is 11.8. The molecule has 0 fully saturated rings. The standard InChI is InChI=1S/C32H35N3O3/c1-21(2)17-19-38-26-15-14-25(20-27(26)37-4)31-28-29(24-12-10-22(3)11-13-24)33-34-30(28)32(36)35(31)18-16-23-8-6-5-7-9-23/h5-15,20-21,31H,16-19H2,1-4H3,(H,33,34). The van der Waals surface area contributed by atoms with Gasteiger partial charge in [0, 0.05) is 17.7 Å². The maximum absolute atomic E-state index is 13.7. The minimum atomic E-state index is -0.296. The van der Waals surface area contributed by atoms with E-state index in [1.54, 1.807) is 7.11 Å². The number of hydrogen-bond donors (Lipinski definition) is 1. The van der Waals surface area contributed by atoms with Crippen LogP contribution in [0.1, 0.15) is 59.1 Å². The molecule has 1 aliphatic rings. The molecule has 1 aliphatic heterocycles. The lowest BCUT2D eigenvalue weighted by Gasteiger charge is -2.27. The van der Waals surface area contributed by atoms with Crippen molar-refractivity contribution >= 4 is 5.91 Å². The van der Waals surface area contributed by atoms with Crippen LogP contribution in [0.3, 0.4) is 0 Å². The summed E-state index contributed by atoms with van der Waals surface area (Å²) in [6.07, 6.45) is 1.72. The highest BCUT2D eigenvalue weighted by Crippen LogP contribution is 2.44. The summed E-state index contributed by atoms with van der Waals surface area (Å²) in [5.74, 6) is 1.89. The predicted molar refractivity (Wildman–Crippen MR) is 150 cm³/mol. The van der Waals surface area contributed by atoms with Crippen molar-refractivity contribution in [3.8, 4) is 22.8 Å². The number of ether oxygens (including phenoxy) is 2. The molecule has 0 bridgehead atoms. The Hall–Kier alpha value is -4.06. The van der Waals surface area contributed by atoms with Crippen LogP contribution in [0.2, 0.25) is 0 Å². The molecule has 6 heteroatoms. The van der Waals surface area contributed by atoms with Gasteiger partial charge in [-0.3, -0.25) is 9.89 Å². The average Bonchev–Trinajstić information content (AvgIpc) is 3.47. The Labute approximate surface area is 224 Å². The van der Waals surface area contributed by atoms with Crippen LogP contribution in [0.25, 0.3) is 11.3 Å². The van der Waals surface area contributed by atoms with Gasteiger partial charge in [-0.05, 0) is 48.9 Å². The van der Waals surface area contributed by atoms with Gasteiger partial charge in [0.05, 0.1) is 25.5 Å². The summed E-state index contributed by atoms with van der Waals surface area (Å²) in [6.45, 7) is 7.63. The second-order valence-electron chi connectivity index (χ2n) is 10.3. The van der Waals surface area contributed by atoms with E-state index < -0.39 is 0 Å². The van der Waals surface area contributed by atoms with Gasteiger partial charge >= 0.3 is 0 Å². The van der Waals surface area contributed by atoms with Crippen molar-refractivity contribution in [3.63, 3.8) is 0 Å². The molecule has 38 heavy (non-hydrogen) atoms. The Morgan fingerprint density at radius 3 is 2.47 bits per heavy atom. The molecule has 1 aromatic heterocycles. The number of aryl methyl sites for hydroxylation is 1. The second kappa shape index (κ2) is 11.1. The number of H-pyrrole nitrogens is 1. The molecule has 5 rings (SSSR count). The van der Waals surface area contributed by atoms with Crippen LogP contribution in [0.15, 0.2) is 72.8 Å². The third-order valence-corrected chi connectivity index (χ3v) is 7.13. The molecular weight excluding hydrogens is 474 g/mol. The zero-order valence-corrected chi connectivity index (χ0v) is 22.5. The normalized spacial score (nSPS) is 14.7. The largest absolute Gasteiger partial charge is 0.493 e. The zero-order valence-electron chi connectivity index (χ0n) is 22.5. The Kier molecular flexibility index (Phi) is 7.50. The van der Waals surface area contributed by atoms with E-state index in [0.717, 1.165) is 35.2 Å². The van der Waals surface area contributed by atoms with E-state index in [9.17, 15) is 4.79 Å². The first-order chi connectivity index (χ1) is 18.5. The number of fused-ring (bicyclic) bond motifs is 1. The van der Waals surface area contributed by atoms with Gasteiger partial charge in [-0.1, -0.05) is 80.1 Å². The lowest BCUT2D eigenvalue weighted by atomic mass is 9.95. The Bertz CT molecular complexity index is 1390. The lowest BCUT2D eigenvalue weighted by Crippen LogP contribution is -2.31. The molecule has 0 radical (unpaired) electrons. The van der Waals surface area contributed by atoms with Gasteiger partial charge < -0.3 is 14.4 Å². The summed E-state index contributed by atoms with van der Waals surface area (Å²) in [4.78, 5) is 15.7. The Balaban J connectivity index is 1.54. The summed E-state index contributed by atoms with van der Waals surface area (Å²) in [5.41, 5.74) is 6.58. The number of aromatic nitrogens is 2. The molecule has 0 saturated heterocycles. The van der Waals surface area contributed by atoms with Crippen molar-refractivity contribution in [3.05, 3.63) is 101 Å². The third kappa shape index (κ3) is 5.17. The SMILES string of the molecule is COc1cc(C2c3c(-c4ccc(C)cc4)n[nH]c3C(=O)N2CCc2ccccc2)ccc1OCCC(C)C. The van der Waals surface area contributed by atoms with Crippen LogP contribution in [0.5, 0.6) is 11.5 Å². The van der Waals surface area contributed by atoms with Crippen LogP contribution in [0.4, 0.5) is 0 Å². The highest BCUT2D eigenvalue weighted by molar-refractivity contribution is 6.00. The molecule has 4 aromatic rings. The highest BCUT2D eigenvalue weighted by atomic mass is 16.5. The quantitative estimate of drug-likeness (QED) is 0.261. The first-order valence-electron chi connectivity index (χ1n) is 13.3. The molecule has 6 nitrogen and oxygen atoms in total. The van der Waals surface area contributed by atoms with Gasteiger partial charge in [-0.2, -0.15) is 5.10 Å². The zero-order chi connectivity index (χ0) is 26.6. The van der Waals surface area contributed by atoms with E-state index in [2.05, 4.69) is 67.4 Å². The predicted octanol–water partition coefficient (Wildman–Crippen LogP) is 6.61. The maximum Gasteiger partial charge on any atom is 0.273 e. The minimum Gasteiger partial charge on any atom is -0.493 e. The summed E-state index contributed by atoms with van der Waals surface area (Å²) in [7, 11) is 1.66. The summed E-state index contributed by atoms with van der Waals surface area (Å²) in [5, 5.41) is 7.66. The van der Waals surface area contributed by atoms with Gasteiger partial charge in [0.25, 0.3) is 5.91 Å². The van der Waals surface area contributed by atoms with Gasteiger partial charge in [0.2, 0.25) is 0 Å². The van der Waals surface area contributed by atoms with Crippen LogP contribution >= 0.6 is 0 Å². The number of nitrogens with zero attached hydrogens (tertiary/aromatic N) is 2. The molecule has 1 unspecified atom stereocenters. The summed E-state index contributed by atoms with van der Waals surface area (Å²) >= 11 is 0. The molecule has 1 N–H and O–H groups in total. The highest BCUT2D eigenvalue weighted by Gasteiger charge is 2.42. The minimum absolute atomic E-state index is 0.0389. The van der Waals surface area contributed by atoms with E-state index in [1.165, 1.54) is 11.1 Å². The van der Waals surface area contributed by atoms with E-state index in [1.807, 2.05) is 41.3 Å². The van der Waals surface area contributed by atoms with Gasteiger partial charge in [-0.15, -0.1) is 0 Å². The van der Waals surface area contributed by atoms with Crippen LogP contribution in [-0.2, 0) is 6.42 Å². The molecule has 196 valence electrons. The fourth-order valence-electron chi connectivity index (χ4n) is 4.98. The van der Waals surface area contributed by atoms with E-state index in [4.69, 9.17) is 9.47 Å². The van der Waals surface area contributed by atoms with Crippen molar-refractivity contribution < 1.29 is 14.3 Å². The van der Waals surface area contributed by atoms with Gasteiger partial charge in [0.1, 0.15) is 5.69 Å². The smallest absolute Gasteiger partial charge is 0.273 e. The van der Waals surface area contributed by atoms with Crippen LogP contribution < -0.4 is 9.47 Å². The lowest BCUT2D eigenvalue weighted by molar-refractivity contribution is 0.0745. The van der Waals surface area contributed by atoms with Crippen molar-refractivity contribution in [2.75, 3.05) is 20.3 Å². The topological polar surface area (TPSA) is 67.5 Å².